The number of carbonyl (C=O) groups excluding carboxylic acids is 2. The lowest BCUT2D eigenvalue weighted by Crippen LogP contribution is -2.13. The Bertz CT molecular complexity index is 999. The van der Waals surface area contributed by atoms with E-state index in [4.69, 9.17) is 16.3 Å². The van der Waals surface area contributed by atoms with E-state index in [0.29, 0.717) is 27.5 Å². The first-order chi connectivity index (χ1) is 13.9. The number of halogens is 1. The Kier molecular flexibility index (Phi) is 6.52. The lowest BCUT2D eigenvalue weighted by Gasteiger charge is -2.11. The number of anilines is 2. The molecule has 3 aromatic rings. The molecule has 29 heavy (non-hydrogen) atoms. The van der Waals surface area contributed by atoms with Gasteiger partial charge >= 0.3 is 0 Å². The van der Waals surface area contributed by atoms with Crippen molar-refractivity contribution in [2.45, 2.75) is 20.0 Å². The number of benzene rings is 3. The Hall–Kier alpha value is -3.31. The Labute approximate surface area is 174 Å². The van der Waals surface area contributed by atoms with Crippen LogP contribution >= 0.6 is 11.6 Å². The van der Waals surface area contributed by atoms with Gasteiger partial charge in [0.1, 0.15) is 5.75 Å². The van der Waals surface area contributed by atoms with Crippen molar-refractivity contribution in [3.05, 3.63) is 88.9 Å². The molecule has 0 bridgehead atoms. The molecule has 0 unspecified atom stereocenters. The van der Waals surface area contributed by atoms with Crippen molar-refractivity contribution in [1.29, 1.82) is 0 Å². The summed E-state index contributed by atoms with van der Waals surface area (Å²) in [6.45, 7) is 3.89. The van der Waals surface area contributed by atoms with Crippen molar-refractivity contribution in [2.24, 2.45) is 0 Å². The van der Waals surface area contributed by atoms with Crippen LogP contribution < -0.4 is 15.4 Å². The molecule has 148 valence electrons. The number of carbonyl (C=O) groups is 2. The number of amides is 2. The van der Waals surface area contributed by atoms with E-state index < -0.39 is 0 Å². The zero-order chi connectivity index (χ0) is 20.8. The van der Waals surface area contributed by atoms with Gasteiger partial charge in [-0.1, -0.05) is 17.7 Å². The molecular weight excluding hydrogens is 388 g/mol. The van der Waals surface area contributed by atoms with E-state index in [9.17, 15) is 9.59 Å². The normalized spacial score (nSPS) is 10.5. The summed E-state index contributed by atoms with van der Waals surface area (Å²) in [6, 6.07) is 20.6. The topological polar surface area (TPSA) is 67.4 Å². The van der Waals surface area contributed by atoms with E-state index in [1.54, 1.807) is 72.8 Å². The first-order valence-electron chi connectivity index (χ1n) is 9.16. The summed E-state index contributed by atoms with van der Waals surface area (Å²) in [6.07, 6.45) is 0.0764. The molecule has 5 nitrogen and oxygen atoms in total. The molecule has 2 N–H and O–H groups in total. The lowest BCUT2D eigenvalue weighted by atomic mass is 10.2. The monoisotopic (exact) mass is 408 g/mol. The summed E-state index contributed by atoms with van der Waals surface area (Å²) in [5.41, 5.74) is 2.24. The van der Waals surface area contributed by atoms with Gasteiger partial charge in [-0.15, -0.1) is 0 Å². The van der Waals surface area contributed by atoms with Crippen LogP contribution in [-0.4, -0.2) is 17.9 Å². The molecule has 3 aromatic carbocycles. The SMILES string of the molecule is CC(C)Oc1ccc(C(=O)Nc2ccc(NC(=O)c3cccc(Cl)c3)cc2)cc1. The fourth-order valence-corrected chi connectivity index (χ4v) is 2.82. The van der Waals surface area contributed by atoms with Gasteiger partial charge < -0.3 is 15.4 Å². The average molecular weight is 409 g/mol. The summed E-state index contributed by atoms with van der Waals surface area (Å²) < 4.78 is 5.58. The van der Waals surface area contributed by atoms with Crippen LogP contribution in [0.3, 0.4) is 0 Å². The number of hydrogen-bond acceptors (Lipinski definition) is 3. The second kappa shape index (κ2) is 9.26. The summed E-state index contributed by atoms with van der Waals surface area (Å²) in [5.74, 6) is 0.237. The maximum absolute atomic E-state index is 12.4. The van der Waals surface area contributed by atoms with Crippen molar-refractivity contribution >= 4 is 34.8 Å². The fraction of sp³-hybridized carbons (Fsp3) is 0.130. The molecule has 0 aliphatic carbocycles. The van der Waals surface area contributed by atoms with Gasteiger partial charge in [0.15, 0.2) is 0 Å². The van der Waals surface area contributed by atoms with Crippen LogP contribution in [0.5, 0.6) is 5.75 Å². The minimum absolute atomic E-state index is 0.0764. The highest BCUT2D eigenvalue weighted by Gasteiger charge is 2.09. The minimum atomic E-state index is -0.256. The molecule has 0 spiro atoms. The molecule has 0 heterocycles. The molecular formula is C23H21ClN2O3. The molecule has 2 amide bonds. The Morgan fingerprint density at radius 3 is 1.86 bits per heavy atom. The van der Waals surface area contributed by atoms with Crippen LogP contribution in [0.1, 0.15) is 34.6 Å². The fourth-order valence-electron chi connectivity index (χ4n) is 2.63. The maximum Gasteiger partial charge on any atom is 0.255 e. The van der Waals surface area contributed by atoms with Crippen molar-refractivity contribution < 1.29 is 14.3 Å². The highest BCUT2D eigenvalue weighted by atomic mass is 35.5. The van der Waals surface area contributed by atoms with Crippen LogP contribution in [0.4, 0.5) is 11.4 Å². The standard InChI is InChI=1S/C23H21ClN2O3/c1-15(2)29-21-12-6-16(7-13-21)22(27)25-19-8-10-20(11-9-19)26-23(28)17-4-3-5-18(24)14-17/h3-15H,1-2H3,(H,25,27)(H,26,28). The molecule has 0 atom stereocenters. The van der Waals surface area contributed by atoms with Gasteiger partial charge in [-0.05, 0) is 80.6 Å². The Morgan fingerprint density at radius 2 is 1.34 bits per heavy atom. The molecule has 0 saturated carbocycles. The zero-order valence-electron chi connectivity index (χ0n) is 16.1. The van der Waals surface area contributed by atoms with Gasteiger partial charge in [-0.2, -0.15) is 0 Å². The van der Waals surface area contributed by atoms with Crippen LogP contribution in [-0.2, 0) is 0 Å². The molecule has 0 aromatic heterocycles. The number of nitrogens with one attached hydrogen (secondary N) is 2. The molecule has 0 aliphatic rings. The molecule has 0 fully saturated rings. The van der Waals surface area contributed by atoms with Crippen LogP contribution in [0, 0.1) is 0 Å². The van der Waals surface area contributed by atoms with Crippen molar-refractivity contribution in [2.75, 3.05) is 10.6 Å². The molecule has 3 rings (SSSR count). The van der Waals surface area contributed by atoms with Gasteiger partial charge in [0, 0.05) is 27.5 Å². The maximum atomic E-state index is 12.4. The van der Waals surface area contributed by atoms with Gasteiger partial charge in [0.05, 0.1) is 6.10 Å². The minimum Gasteiger partial charge on any atom is -0.491 e. The van der Waals surface area contributed by atoms with Crippen LogP contribution in [0.25, 0.3) is 0 Å². The number of rotatable bonds is 6. The third-order valence-electron chi connectivity index (χ3n) is 3.98. The van der Waals surface area contributed by atoms with E-state index in [1.165, 1.54) is 0 Å². The van der Waals surface area contributed by atoms with Gasteiger partial charge in [0.25, 0.3) is 11.8 Å². The molecule has 0 radical (unpaired) electrons. The quantitative estimate of drug-likeness (QED) is 0.555. The summed E-state index contributed by atoms with van der Waals surface area (Å²) in [5, 5.41) is 6.12. The van der Waals surface area contributed by atoms with Crippen molar-refractivity contribution in [3.8, 4) is 5.75 Å². The predicted molar refractivity (Wildman–Crippen MR) is 116 cm³/mol. The Balaban J connectivity index is 1.60. The van der Waals surface area contributed by atoms with E-state index >= 15 is 0 Å². The highest BCUT2D eigenvalue weighted by molar-refractivity contribution is 6.31. The third kappa shape index (κ3) is 5.83. The van der Waals surface area contributed by atoms with Crippen molar-refractivity contribution in [3.63, 3.8) is 0 Å². The summed E-state index contributed by atoms with van der Waals surface area (Å²) in [4.78, 5) is 24.7. The van der Waals surface area contributed by atoms with E-state index in [-0.39, 0.29) is 17.9 Å². The van der Waals surface area contributed by atoms with E-state index in [2.05, 4.69) is 10.6 Å². The summed E-state index contributed by atoms with van der Waals surface area (Å²) >= 11 is 5.92. The predicted octanol–water partition coefficient (Wildman–Crippen LogP) is 5.63. The lowest BCUT2D eigenvalue weighted by molar-refractivity contribution is 0.101. The van der Waals surface area contributed by atoms with Gasteiger partial charge in [-0.3, -0.25) is 9.59 Å². The highest BCUT2D eigenvalue weighted by Crippen LogP contribution is 2.18. The average Bonchev–Trinajstić information content (AvgIpc) is 2.69. The molecule has 0 saturated heterocycles. The first-order valence-corrected chi connectivity index (χ1v) is 9.53. The van der Waals surface area contributed by atoms with Crippen LogP contribution in [0.2, 0.25) is 5.02 Å². The third-order valence-corrected chi connectivity index (χ3v) is 4.21. The van der Waals surface area contributed by atoms with Crippen LogP contribution in [0.15, 0.2) is 72.8 Å². The molecule has 0 aliphatic heterocycles. The second-order valence-electron chi connectivity index (χ2n) is 6.69. The largest absolute Gasteiger partial charge is 0.491 e. The van der Waals surface area contributed by atoms with Gasteiger partial charge in [0.2, 0.25) is 0 Å². The van der Waals surface area contributed by atoms with Gasteiger partial charge in [-0.25, -0.2) is 0 Å². The Morgan fingerprint density at radius 1 is 0.793 bits per heavy atom. The zero-order valence-corrected chi connectivity index (χ0v) is 16.9. The smallest absolute Gasteiger partial charge is 0.255 e. The second-order valence-corrected chi connectivity index (χ2v) is 7.12. The van der Waals surface area contributed by atoms with E-state index in [0.717, 1.165) is 5.75 Å². The molecule has 6 heteroatoms. The first kappa shape index (κ1) is 20.4. The number of hydrogen-bond donors (Lipinski definition) is 2. The van der Waals surface area contributed by atoms with Crippen molar-refractivity contribution in [1.82, 2.24) is 0 Å². The number of ether oxygens (including phenoxy) is 1. The van der Waals surface area contributed by atoms with E-state index in [1.807, 2.05) is 13.8 Å². The summed E-state index contributed by atoms with van der Waals surface area (Å²) in [7, 11) is 0.